The van der Waals surface area contributed by atoms with Gasteiger partial charge in [-0.2, -0.15) is 0 Å². The zero-order valence-electron chi connectivity index (χ0n) is 6.61. The van der Waals surface area contributed by atoms with Gasteiger partial charge in [-0.1, -0.05) is 6.92 Å². The molecule has 0 aromatic carbocycles. The van der Waals surface area contributed by atoms with Crippen LogP contribution in [-0.2, 0) is 4.79 Å². The molecule has 1 heterocycles. The summed E-state index contributed by atoms with van der Waals surface area (Å²) in [6.45, 7) is 1.75. The van der Waals surface area contributed by atoms with Crippen LogP contribution in [0, 0.1) is 0 Å². The first kappa shape index (κ1) is 8.45. The molecule has 0 aliphatic heterocycles. The normalized spacial score (nSPS) is 9.42. The molecule has 0 radical (unpaired) electrons. The van der Waals surface area contributed by atoms with Gasteiger partial charge < -0.3 is 10.4 Å². The molecule has 1 rings (SSSR count). The van der Waals surface area contributed by atoms with Crippen LogP contribution in [0.15, 0.2) is 12.4 Å². The molecule has 0 aliphatic rings. The second kappa shape index (κ2) is 3.66. The maximum atomic E-state index is 10.8. The van der Waals surface area contributed by atoms with Gasteiger partial charge in [0.1, 0.15) is 0 Å². The number of hydrogen-bond donors (Lipinski definition) is 2. The summed E-state index contributed by atoms with van der Waals surface area (Å²) in [6, 6.07) is -0.301. The number of aromatic hydroxyl groups is 1. The molecule has 0 bridgehead atoms. The molecule has 12 heavy (non-hydrogen) atoms. The highest BCUT2D eigenvalue weighted by Gasteiger charge is 1.98. The van der Waals surface area contributed by atoms with Crippen LogP contribution in [0.3, 0.4) is 0 Å². The molecule has 1 amide bonds. The van der Waals surface area contributed by atoms with Crippen LogP contribution in [0.4, 0.5) is 5.69 Å². The van der Waals surface area contributed by atoms with Gasteiger partial charge in [0.05, 0.1) is 18.1 Å². The molecule has 0 aliphatic carbocycles. The molecule has 0 unspecified atom stereocenters. The van der Waals surface area contributed by atoms with Crippen molar-refractivity contribution in [3.63, 3.8) is 0 Å². The highest BCUT2D eigenvalue weighted by Crippen LogP contribution is 2.05. The summed E-state index contributed by atoms with van der Waals surface area (Å²) in [6.07, 6.45) is 3.09. The fourth-order valence-electron chi connectivity index (χ4n) is 0.635. The Morgan fingerprint density at radius 1 is 1.58 bits per heavy atom. The van der Waals surface area contributed by atoms with E-state index in [0.29, 0.717) is 12.1 Å². The van der Waals surface area contributed by atoms with E-state index in [1.54, 1.807) is 6.92 Å². The van der Waals surface area contributed by atoms with E-state index in [9.17, 15) is 4.79 Å². The van der Waals surface area contributed by atoms with E-state index in [-0.39, 0.29) is 11.9 Å². The van der Waals surface area contributed by atoms with E-state index in [4.69, 9.17) is 5.11 Å². The van der Waals surface area contributed by atoms with Crippen molar-refractivity contribution in [2.75, 3.05) is 5.32 Å². The lowest BCUT2D eigenvalue weighted by Gasteiger charge is -2.00. The molecule has 64 valence electrons. The molecule has 0 saturated heterocycles. The van der Waals surface area contributed by atoms with Gasteiger partial charge in [0.25, 0.3) is 0 Å². The molecule has 2 N–H and O–H groups in total. The van der Waals surface area contributed by atoms with Crippen molar-refractivity contribution < 1.29 is 9.90 Å². The summed E-state index contributed by atoms with van der Waals surface area (Å²) in [4.78, 5) is 17.8. The Bertz CT molecular complexity index is 270. The number of anilines is 1. The van der Waals surface area contributed by atoms with E-state index in [2.05, 4.69) is 15.3 Å². The van der Waals surface area contributed by atoms with Crippen molar-refractivity contribution >= 4 is 11.6 Å². The zero-order chi connectivity index (χ0) is 8.97. The van der Waals surface area contributed by atoms with Gasteiger partial charge in [0, 0.05) is 6.42 Å². The van der Waals surface area contributed by atoms with Crippen LogP contribution < -0.4 is 5.32 Å². The monoisotopic (exact) mass is 167 g/mol. The molecule has 5 nitrogen and oxygen atoms in total. The Morgan fingerprint density at radius 2 is 2.17 bits per heavy atom. The number of carbonyl (C=O) groups excluding carboxylic acids is 1. The largest absolute Gasteiger partial charge is 0.479 e. The van der Waals surface area contributed by atoms with E-state index in [1.807, 2.05) is 0 Å². The molecular weight excluding hydrogens is 158 g/mol. The van der Waals surface area contributed by atoms with Gasteiger partial charge in [0.2, 0.25) is 5.91 Å². The van der Waals surface area contributed by atoms with Gasteiger partial charge in [0.15, 0.2) is 0 Å². The molecular formula is C7H9N3O2. The van der Waals surface area contributed by atoms with Crippen molar-refractivity contribution in [1.82, 2.24) is 9.97 Å². The van der Waals surface area contributed by atoms with Gasteiger partial charge in [-0.3, -0.25) is 4.79 Å². The predicted octanol–water partition coefficient (Wildman–Crippen LogP) is 0.531. The van der Waals surface area contributed by atoms with Gasteiger partial charge in [-0.05, 0) is 0 Å². The third-order valence-electron chi connectivity index (χ3n) is 1.24. The maximum absolute atomic E-state index is 10.8. The van der Waals surface area contributed by atoms with E-state index >= 15 is 0 Å². The number of rotatable bonds is 2. The average molecular weight is 167 g/mol. The van der Waals surface area contributed by atoms with Crippen molar-refractivity contribution in [2.24, 2.45) is 0 Å². The van der Waals surface area contributed by atoms with Crippen molar-refractivity contribution in [3.05, 3.63) is 12.4 Å². The number of amides is 1. The summed E-state index contributed by atoms with van der Waals surface area (Å²) >= 11 is 0. The zero-order valence-corrected chi connectivity index (χ0v) is 6.61. The predicted molar refractivity (Wildman–Crippen MR) is 42.6 cm³/mol. The summed E-state index contributed by atoms with van der Waals surface area (Å²) in [5, 5.41) is 11.3. The molecule has 0 atom stereocenters. The van der Waals surface area contributed by atoms with Crippen LogP contribution in [0.5, 0.6) is 6.01 Å². The number of nitrogens with one attached hydrogen (secondary N) is 1. The fourth-order valence-corrected chi connectivity index (χ4v) is 0.635. The van der Waals surface area contributed by atoms with E-state index in [0.717, 1.165) is 0 Å². The average Bonchev–Trinajstić information content (AvgIpc) is 2.09. The first-order valence-electron chi connectivity index (χ1n) is 3.53. The Labute approximate surface area is 69.5 Å². The van der Waals surface area contributed by atoms with E-state index in [1.165, 1.54) is 12.4 Å². The molecule has 1 aromatic rings. The first-order valence-corrected chi connectivity index (χ1v) is 3.53. The van der Waals surface area contributed by atoms with Gasteiger partial charge >= 0.3 is 6.01 Å². The maximum Gasteiger partial charge on any atom is 0.313 e. The Morgan fingerprint density at radius 3 is 2.67 bits per heavy atom. The molecule has 0 saturated carbocycles. The van der Waals surface area contributed by atoms with Crippen LogP contribution >= 0.6 is 0 Å². The number of aromatic nitrogens is 2. The summed E-state index contributed by atoms with van der Waals surface area (Å²) in [5.74, 6) is -0.107. The fraction of sp³-hybridized carbons (Fsp3) is 0.286. The second-order valence-corrected chi connectivity index (χ2v) is 2.17. The SMILES string of the molecule is CCC(=O)Nc1cnc(O)nc1. The minimum atomic E-state index is -0.301. The summed E-state index contributed by atoms with van der Waals surface area (Å²) in [7, 11) is 0. The third-order valence-corrected chi connectivity index (χ3v) is 1.24. The van der Waals surface area contributed by atoms with Gasteiger partial charge in [-0.25, -0.2) is 9.97 Å². The Hall–Kier alpha value is -1.65. The van der Waals surface area contributed by atoms with Crippen LogP contribution in [0.25, 0.3) is 0 Å². The second-order valence-electron chi connectivity index (χ2n) is 2.17. The number of carbonyl (C=O) groups is 1. The molecule has 0 fully saturated rings. The van der Waals surface area contributed by atoms with E-state index < -0.39 is 0 Å². The smallest absolute Gasteiger partial charge is 0.313 e. The standard InChI is InChI=1S/C7H9N3O2/c1-2-6(11)10-5-3-8-7(12)9-4-5/h3-4H,2H2,1H3,(H,10,11)(H,8,9,12). The third kappa shape index (κ3) is 2.19. The van der Waals surface area contributed by atoms with Gasteiger partial charge in [-0.15, -0.1) is 0 Å². The Kier molecular flexibility index (Phi) is 2.57. The highest BCUT2D eigenvalue weighted by molar-refractivity contribution is 5.90. The minimum Gasteiger partial charge on any atom is -0.479 e. The lowest BCUT2D eigenvalue weighted by Crippen LogP contribution is -2.09. The lowest BCUT2D eigenvalue weighted by molar-refractivity contribution is -0.115. The van der Waals surface area contributed by atoms with Crippen LogP contribution in [0.2, 0.25) is 0 Å². The molecule has 0 spiro atoms. The van der Waals surface area contributed by atoms with Crippen molar-refractivity contribution in [1.29, 1.82) is 0 Å². The number of hydrogen-bond acceptors (Lipinski definition) is 4. The lowest BCUT2D eigenvalue weighted by atomic mass is 10.4. The van der Waals surface area contributed by atoms with Crippen LogP contribution in [0.1, 0.15) is 13.3 Å². The molecule has 5 heteroatoms. The summed E-state index contributed by atoms with van der Waals surface area (Å²) in [5.41, 5.74) is 0.486. The van der Waals surface area contributed by atoms with Crippen LogP contribution in [-0.4, -0.2) is 21.0 Å². The van der Waals surface area contributed by atoms with Crippen molar-refractivity contribution in [3.8, 4) is 6.01 Å². The van der Waals surface area contributed by atoms with Crippen molar-refractivity contribution in [2.45, 2.75) is 13.3 Å². The summed E-state index contributed by atoms with van der Waals surface area (Å²) < 4.78 is 0. The highest BCUT2D eigenvalue weighted by atomic mass is 16.3. The molecule has 1 aromatic heterocycles. The topological polar surface area (TPSA) is 75.1 Å². The quantitative estimate of drug-likeness (QED) is 0.673. The minimum absolute atomic E-state index is 0.107. The Balaban J connectivity index is 2.64. The first-order chi connectivity index (χ1) is 5.72. The number of nitrogens with zero attached hydrogens (tertiary/aromatic N) is 2.